The Bertz CT molecular complexity index is 1880. The fourth-order valence-corrected chi connectivity index (χ4v) is 11.6. The first-order valence-corrected chi connectivity index (χ1v) is 26.0. The first-order valence-electron chi connectivity index (χ1n) is 24.6. The monoisotopic (exact) mass is 891 g/mol. The molecule has 0 fully saturated rings. The number of rotatable bonds is 27. The predicted octanol–water partition coefficient (Wildman–Crippen LogP) is 17.6. The van der Waals surface area contributed by atoms with Gasteiger partial charge in [0.1, 0.15) is 16.8 Å². The first-order chi connectivity index (χ1) is 31.5. The molecule has 6 aromatic carbocycles. The van der Waals surface area contributed by atoms with E-state index in [-0.39, 0.29) is 0 Å². The molecule has 0 aliphatic carbocycles. The van der Waals surface area contributed by atoms with E-state index in [0.717, 1.165) is 91.2 Å². The van der Waals surface area contributed by atoms with Gasteiger partial charge in [-0.1, -0.05) is 262 Å². The molecular formula is C60H75O4P. The molecule has 344 valence electrons. The molecule has 0 saturated heterocycles. The van der Waals surface area contributed by atoms with Crippen LogP contribution in [0, 0.1) is 17.8 Å². The van der Waals surface area contributed by atoms with E-state index in [1.54, 1.807) is 0 Å². The molecule has 0 aliphatic heterocycles. The Hall–Kier alpha value is -4.57. The van der Waals surface area contributed by atoms with E-state index in [1.807, 2.05) is 36.4 Å². The van der Waals surface area contributed by atoms with Crippen LogP contribution in [-0.4, -0.2) is 0 Å². The lowest BCUT2D eigenvalue weighted by atomic mass is 9.82. The predicted molar refractivity (Wildman–Crippen MR) is 272 cm³/mol. The van der Waals surface area contributed by atoms with E-state index in [0.29, 0.717) is 37.0 Å². The zero-order valence-electron chi connectivity index (χ0n) is 40.1. The van der Waals surface area contributed by atoms with Crippen molar-refractivity contribution in [3.8, 4) is 0 Å². The molecule has 0 bridgehead atoms. The number of hydrogen-bond acceptors (Lipinski definition) is 4. The lowest BCUT2D eigenvalue weighted by molar-refractivity contribution is -0.0513. The summed E-state index contributed by atoms with van der Waals surface area (Å²) in [6.07, 6.45) is 10.5. The van der Waals surface area contributed by atoms with E-state index < -0.39 is 24.6 Å². The minimum atomic E-state index is -4.78. The third-order valence-corrected chi connectivity index (χ3v) is 14.5. The molecule has 5 heteroatoms. The maximum atomic E-state index is 17.7. The zero-order valence-corrected chi connectivity index (χ0v) is 41.0. The minimum Gasteiger partial charge on any atom is -0.270 e. The summed E-state index contributed by atoms with van der Waals surface area (Å²) in [4.78, 5) is 0. The van der Waals surface area contributed by atoms with E-state index in [2.05, 4.69) is 187 Å². The standard InChI is InChI=1S/C60H75O4P/c1-49(2)31-25-28-46-58(52-34-13-7-14-35-52,53-36-15-8-16-37-53)62-65(61,63-59(47-29-26-32-50(3)4,54-38-17-9-18-39-54)55-40-19-10-20-41-55)64-60(48-30-27-33-51(5)6,56-42-21-11-22-43-56)57-44-23-12-24-45-57/h7-24,34-45,49-51H,25-33,46-48H2,1-6H3. The summed E-state index contributed by atoms with van der Waals surface area (Å²) in [6, 6.07) is 62.2. The van der Waals surface area contributed by atoms with Gasteiger partial charge in [0.2, 0.25) is 0 Å². The lowest BCUT2D eigenvalue weighted by Crippen LogP contribution is -2.38. The van der Waals surface area contributed by atoms with Crippen molar-refractivity contribution in [3.63, 3.8) is 0 Å². The molecule has 0 aliphatic rings. The molecule has 0 saturated carbocycles. The number of phosphoric acid groups is 1. The normalized spacial score (nSPS) is 12.6. The molecule has 0 atom stereocenters. The van der Waals surface area contributed by atoms with Gasteiger partial charge in [-0.05, 0) is 89.7 Å². The van der Waals surface area contributed by atoms with Crippen LogP contribution < -0.4 is 0 Å². The Morgan fingerprint density at radius 3 is 0.677 bits per heavy atom. The molecule has 6 rings (SSSR count). The molecule has 0 spiro atoms. The Kier molecular flexibility index (Phi) is 18.6. The van der Waals surface area contributed by atoms with Gasteiger partial charge in [-0.3, -0.25) is 13.6 Å². The average molecular weight is 891 g/mol. The van der Waals surface area contributed by atoms with Crippen LogP contribution in [0.3, 0.4) is 0 Å². The molecule has 65 heavy (non-hydrogen) atoms. The summed E-state index contributed by atoms with van der Waals surface area (Å²) >= 11 is 0. The second-order valence-electron chi connectivity index (χ2n) is 19.3. The molecule has 0 heterocycles. The Morgan fingerprint density at radius 1 is 0.323 bits per heavy atom. The van der Waals surface area contributed by atoms with Crippen molar-refractivity contribution in [1.29, 1.82) is 0 Å². The molecular weight excluding hydrogens is 816 g/mol. The average Bonchev–Trinajstić information content (AvgIpc) is 3.33. The van der Waals surface area contributed by atoms with Crippen LogP contribution in [0.4, 0.5) is 0 Å². The third kappa shape index (κ3) is 13.3. The highest BCUT2D eigenvalue weighted by Gasteiger charge is 2.54. The minimum absolute atomic E-state index is 0.553. The van der Waals surface area contributed by atoms with Crippen LogP contribution in [0.15, 0.2) is 182 Å². The van der Waals surface area contributed by atoms with Gasteiger partial charge in [-0.2, -0.15) is 0 Å². The molecule has 0 N–H and O–H groups in total. The van der Waals surface area contributed by atoms with Crippen LogP contribution >= 0.6 is 7.82 Å². The van der Waals surface area contributed by atoms with Crippen molar-refractivity contribution in [2.45, 2.75) is 135 Å². The van der Waals surface area contributed by atoms with E-state index in [9.17, 15) is 0 Å². The van der Waals surface area contributed by atoms with Crippen molar-refractivity contribution in [3.05, 3.63) is 215 Å². The van der Waals surface area contributed by atoms with Gasteiger partial charge in [0, 0.05) is 0 Å². The molecule has 0 aromatic heterocycles. The molecule has 0 unspecified atom stereocenters. The summed E-state index contributed by atoms with van der Waals surface area (Å²) < 4.78 is 41.1. The molecule has 0 radical (unpaired) electrons. The maximum absolute atomic E-state index is 17.7. The summed E-state index contributed by atoms with van der Waals surface area (Å²) in [6.45, 7) is 13.6. The van der Waals surface area contributed by atoms with Crippen LogP contribution in [0.5, 0.6) is 0 Å². The maximum Gasteiger partial charge on any atom is 0.478 e. The first kappa shape index (κ1) is 49.9. The number of hydrogen-bond donors (Lipinski definition) is 0. The van der Waals surface area contributed by atoms with Crippen molar-refractivity contribution >= 4 is 7.82 Å². The molecule has 0 amide bonds. The van der Waals surface area contributed by atoms with Gasteiger partial charge >= 0.3 is 7.82 Å². The van der Waals surface area contributed by atoms with Crippen LogP contribution in [0.2, 0.25) is 0 Å². The van der Waals surface area contributed by atoms with Gasteiger partial charge in [-0.25, -0.2) is 4.57 Å². The second-order valence-corrected chi connectivity index (χ2v) is 20.8. The van der Waals surface area contributed by atoms with Gasteiger partial charge in [0.05, 0.1) is 0 Å². The summed E-state index contributed by atoms with van der Waals surface area (Å²) in [5.41, 5.74) is 1.84. The number of benzene rings is 6. The van der Waals surface area contributed by atoms with Crippen molar-refractivity contribution < 1.29 is 18.1 Å². The quantitative estimate of drug-likeness (QED) is 0.0382. The van der Waals surface area contributed by atoms with Gasteiger partial charge in [-0.15, -0.1) is 0 Å². The number of phosphoric ester groups is 1. The van der Waals surface area contributed by atoms with Crippen LogP contribution in [0.25, 0.3) is 0 Å². The van der Waals surface area contributed by atoms with Gasteiger partial charge in [0.15, 0.2) is 0 Å². The highest BCUT2D eigenvalue weighted by molar-refractivity contribution is 7.48. The van der Waals surface area contributed by atoms with Gasteiger partial charge < -0.3 is 0 Å². The van der Waals surface area contributed by atoms with Crippen LogP contribution in [-0.2, 0) is 34.9 Å². The smallest absolute Gasteiger partial charge is 0.270 e. The van der Waals surface area contributed by atoms with Crippen molar-refractivity contribution in [2.24, 2.45) is 17.8 Å². The fourth-order valence-electron chi connectivity index (χ4n) is 9.47. The summed E-state index contributed by atoms with van der Waals surface area (Å²) in [5.74, 6) is 1.66. The largest absolute Gasteiger partial charge is 0.478 e. The summed E-state index contributed by atoms with van der Waals surface area (Å²) in [5, 5.41) is 0. The van der Waals surface area contributed by atoms with E-state index in [4.69, 9.17) is 13.6 Å². The third-order valence-electron chi connectivity index (χ3n) is 12.9. The summed E-state index contributed by atoms with van der Waals surface area (Å²) in [7, 11) is -4.78. The SMILES string of the molecule is CC(C)CCCCC(OP(=O)(OC(CCCCC(C)C)(c1ccccc1)c1ccccc1)OC(CCCCC(C)C)(c1ccccc1)c1ccccc1)(c1ccccc1)c1ccccc1. The van der Waals surface area contributed by atoms with Crippen LogP contribution in [0.1, 0.15) is 152 Å². The molecule has 4 nitrogen and oxygen atoms in total. The van der Waals surface area contributed by atoms with E-state index >= 15 is 4.57 Å². The lowest BCUT2D eigenvalue weighted by Gasteiger charge is -2.45. The highest BCUT2D eigenvalue weighted by atomic mass is 31.2. The fraction of sp³-hybridized carbons (Fsp3) is 0.400. The zero-order chi connectivity index (χ0) is 46.0. The Morgan fingerprint density at radius 2 is 0.508 bits per heavy atom. The van der Waals surface area contributed by atoms with Crippen molar-refractivity contribution in [2.75, 3.05) is 0 Å². The Labute approximate surface area is 392 Å². The topological polar surface area (TPSA) is 44.8 Å². The molecule has 6 aromatic rings. The van der Waals surface area contributed by atoms with Gasteiger partial charge in [0.25, 0.3) is 0 Å². The van der Waals surface area contributed by atoms with E-state index in [1.165, 1.54) is 0 Å². The number of unbranched alkanes of at least 4 members (excludes halogenated alkanes) is 3. The Balaban J connectivity index is 1.67. The second kappa shape index (κ2) is 24.3. The van der Waals surface area contributed by atoms with Crippen molar-refractivity contribution in [1.82, 2.24) is 0 Å². The highest BCUT2D eigenvalue weighted by Crippen LogP contribution is 2.67.